The highest BCUT2D eigenvalue weighted by molar-refractivity contribution is 6.18. The molecule has 4 heterocycles. The van der Waals surface area contributed by atoms with E-state index in [1.165, 1.54) is 0 Å². The van der Waals surface area contributed by atoms with Crippen molar-refractivity contribution in [3.63, 3.8) is 0 Å². The third kappa shape index (κ3) is 3.06. The third-order valence-corrected chi connectivity index (χ3v) is 6.88. The van der Waals surface area contributed by atoms with Crippen LogP contribution in [0.3, 0.4) is 0 Å². The van der Waals surface area contributed by atoms with Crippen molar-refractivity contribution in [2.24, 2.45) is 11.8 Å². The molecule has 2 unspecified atom stereocenters. The molecule has 0 spiro atoms. The summed E-state index contributed by atoms with van der Waals surface area (Å²) < 4.78 is 2.34. The van der Waals surface area contributed by atoms with Crippen molar-refractivity contribution >= 4 is 29.1 Å². The smallest absolute Gasteiger partial charge is 0.341 e. The molecule has 1 saturated carbocycles. The molecule has 3 aliphatic rings. The Labute approximate surface area is 185 Å². The number of carbonyl (C=O) groups excluding carboxylic acids is 1. The lowest BCUT2D eigenvalue weighted by molar-refractivity contribution is -0.498. The molecule has 1 aromatic carbocycles. The van der Waals surface area contributed by atoms with Gasteiger partial charge in [-0.05, 0) is 79.1 Å². The highest BCUT2D eigenvalue weighted by Gasteiger charge is 2.48. The van der Waals surface area contributed by atoms with Gasteiger partial charge in [-0.3, -0.25) is 4.79 Å². The number of nitrogen functional groups attached to an aromatic ring is 1. The molecule has 2 aliphatic heterocycles. The van der Waals surface area contributed by atoms with Crippen LogP contribution in [0.4, 0.5) is 17.5 Å². The van der Waals surface area contributed by atoms with Crippen LogP contribution in [0.2, 0.25) is 0 Å². The van der Waals surface area contributed by atoms with Crippen LogP contribution >= 0.6 is 0 Å². The molecule has 3 aromatic rings. The fourth-order valence-corrected chi connectivity index (χ4v) is 5.36. The van der Waals surface area contributed by atoms with E-state index >= 15 is 0 Å². The number of amides is 1. The van der Waals surface area contributed by atoms with E-state index in [1.54, 1.807) is 18.6 Å². The Bertz CT molecular complexity index is 1210. The molecule has 2 fully saturated rings. The van der Waals surface area contributed by atoms with Gasteiger partial charge in [0.1, 0.15) is 17.7 Å². The maximum atomic E-state index is 12.6. The summed E-state index contributed by atoms with van der Waals surface area (Å²) in [6, 6.07) is 13.5. The standard InChI is InChI=1S/C24H23N7O/c25-22-20-21(14-4-6-15(7-5-14)24(32)30-19-3-1-2-8-27-19)31(23(20)29-13-28-22)18-9-16-11-26-12-17(16)10-18/h1-8,13,16-18,25-26H,9-12H2,(H,27,30,32)/p+1. The first kappa shape index (κ1) is 19.1. The van der Waals surface area contributed by atoms with E-state index < -0.39 is 0 Å². The largest absolute Gasteiger partial charge is 0.383 e. The molecule has 160 valence electrons. The second-order valence-corrected chi connectivity index (χ2v) is 8.73. The van der Waals surface area contributed by atoms with Crippen molar-refractivity contribution in [2.75, 3.05) is 24.1 Å². The van der Waals surface area contributed by atoms with Crippen LogP contribution in [0.15, 0.2) is 55.0 Å². The first-order valence-corrected chi connectivity index (χ1v) is 11.0. The fraction of sp³-hybridized carbons (Fsp3) is 0.292. The van der Waals surface area contributed by atoms with Crippen LogP contribution in [-0.4, -0.2) is 50.3 Å². The van der Waals surface area contributed by atoms with Crippen LogP contribution < -0.4 is 16.4 Å². The SMILES string of the molecule is Nc1ncnc2c1C(c1ccc(C(=O)Nc3ccccn3)cc1)=[N+]2C1CC2CNCC2C1. The quantitative estimate of drug-likeness (QED) is 0.552. The van der Waals surface area contributed by atoms with E-state index in [-0.39, 0.29) is 5.91 Å². The van der Waals surface area contributed by atoms with Crippen molar-refractivity contribution in [1.29, 1.82) is 0 Å². The van der Waals surface area contributed by atoms with Gasteiger partial charge in [-0.25, -0.2) is 9.56 Å². The van der Waals surface area contributed by atoms with Crippen molar-refractivity contribution in [3.8, 4) is 0 Å². The summed E-state index contributed by atoms with van der Waals surface area (Å²) >= 11 is 0. The van der Waals surface area contributed by atoms with Crippen LogP contribution in [0, 0.1) is 11.8 Å². The Kier molecular flexibility index (Phi) is 4.46. The van der Waals surface area contributed by atoms with Crippen molar-refractivity contribution < 1.29 is 9.37 Å². The molecule has 1 aliphatic carbocycles. The number of rotatable bonds is 4. The van der Waals surface area contributed by atoms with Gasteiger partial charge in [0, 0.05) is 17.3 Å². The average molecular weight is 427 g/mol. The second-order valence-electron chi connectivity index (χ2n) is 8.73. The second kappa shape index (κ2) is 7.49. The zero-order chi connectivity index (χ0) is 21.7. The summed E-state index contributed by atoms with van der Waals surface area (Å²) in [5.41, 5.74) is 9.80. The molecule has 0 bridgehead atoms. The number of anilines is 2. The highest BCUT2D eigenvalue weighted by atomic mass is 16.1. The van der Waals surface area contributed by atoms with Gasteiger partial charge in [0.15, 0.2) is 11.3 Å². The van der Waals surface area contributed by atoms with Crippen molar-refractivity contribution in [2.45, 2.75) is 18.9 Å². The minimum absolute atomic E-state index is 0.190. The number of fused-ring (bicyclic) bond motifs is 2. The molecule has 1 saturated heterocycles. The van der Waals surface area contributed by atoms with Crippen molar-refractivity contribution in [3.05, 3.63) is 71.7 Å². The summed E-state index contributed by atoms with van der Waals surface area (Å²) in [6.07, 6.45) is 5.49. The molecule has 8 heteroatoms. The zero-order valence-corrected chi connectivity index (χ0v) is 17.5. The van der Waals surface area contributed by atoms with Crippen LogP contribution in [0.5, 0.6) is 0 Å². The number of nitrogens with one attached hydrogen (secondary N) is 2. The number of hydrogen-bond acceptors (Lipinski definition) is 6. The lowest BCUT2D eigenvalue weighted by Gasteiger charge is -2.26. The monoisotopic (exact) mass is 426 g/mol. The number of carbonyl (C=O) groups is 1. The first-order valence-electron chi connectivity index (χ1n) is 11.0. The summed E-state index contributed by atoms with van der Waals surface area (Å²) in [7, 11) is 0. The van der Waals surface area contributed by atoms with Gasteiger partial charge in [0.25, 0.3) is 5.91 Å². The molecule has 6 rings (SSSR count). The Morgan fingerprint density at radius 2 is 1.81 bits per heavy atom. The zero-order valence-electron chi connectivity index (χ0n) is 17.5. The first-order chi connectivity index (χ1) is 15.7. The Morgan fingerprint density at radius 3 is 2.53 bits per heavy atom. The van der Waals surface area contributed by atoms with Crippen LogP contribution in [0.1, 0.15) is 34.3 Å². The van der Waals surface area contributed by atoms with Gasteiger partial charge in [0.2, 0.25) is 6.33 Å². The molecule has 2 atom stereocenters. The molecular formula is C24H24N7O+. The number of nitrogens with zero attached hydrogens (tertiary/aromatic N) is 4. The minimum atomic E-state index is -0.190. The van der Waals surface area contributed by atoms with E-state index in [4.69, 9.17) is 5.73 Å². The third-order valence-electron chi connectivity index (χ3n) is 6.88. The molecule has 32 heavy (non-hydrogen) atoms. The van der Waals surface area contributed by atoms with Crippen LogP contribution in [0.25, 0.3) is 0 Å². The maximum Gasteiger partial charge on any atom is 0.341 e. The topological polar surface area (TPSA) is 109 Å². The van der Waals surface area contributed by atoms with E-state index in [0.717, 1.165) is 60.4 Å². The summed E-state index contributed by atoms with van der Waals surface area (Å²) in [5.74, 6) is 3.20. The molecule has 2 aromatic heterocycles. The predicted molar refractivity (Wildman–Crippen MR) is 121 cm³/mol. The number of hydrogen-bond donors (Lipinski definition) is 3. The number of benzene rings is 1. The van der Waals surface area contributed by atoms with Gasteiger partial charge in [0.05, 0.1) is 0 Å². The minimum Gasteiger partial charge on any atom is -0.383 e. The van der Waals surface area contributed by atoms with E-state index in [9.17, 15) is 4.79 Å². The van der Waals surface area contributed by atoms with Gasteiger partial charge >= 0.3 is 5.82 Å². The van der Waals surface area contributed by atoms with Gasteiger partial charge < -0.3 is 16.4 Å². The number of aromatic nitrogens is 3. The predicted octanol–water partition coefficient (Wildman–Crippen LogP) is 2.20. The fourth-order valence-electron chi connectivity index (χ4n) is 5.36. The lowest BCUT2D eigenvalue weighted by atomic mass is 9.94. The molecule has 8 nitrogen and oxygen atoms in total. The molecular weight excluding hydrogens is 402 g/mol. The highest BCUT2D eigenvalue weighted by Crippen LogP contribution is 2.43. The summed E-state index contributed by atoms with van der Waals surface area (Å²) in [4.78, 5) is 25.5. The Morgan fingerprint density at radius 1 is 1.03 bits per heavy atom. The van der Waals surface area contributed by atoms with Crippen LogP contribution in [-0.2, 0) is 0 Å². The number of nitrogens with two attached hydrogens (primary N) is 1. The van der Waals surface area contributed by atoms with Gasteiger partial charge in [-0.1, -0.05) is 6.07 Å². The van der Waals surface area contributed by atoms with E-state index in [2.05, 4.69) is 30.2 Å². The normalized spacial score (nSPS) is 23.4. The maximum absolute atomic E-state index is 12.6. The van der Waals surface area contributed by atoms with Gasteiger partial charge in [-0.2, -0.15) is 4.98 Å². The lowest BCUT2D eigenvalue weighted by Crippen LogP contribution is -2.38. The summed E-state index contributed by atoms with van der Waals surface area (Å²) in [6.45, 7) is 2.20. The Hall–Kier alpha value is -3.65. The van der Waals surface area contributed by atoms with E-state index in [0.29, 0.717) is 23.2 Å². The Balaban J connectivity index is 1.31. The van der Waals surface area contributed by atoms with E-state index in [1.807, 2.05) is 36.4 Å². The van der Waals surface area contributed by atoms with Crippen molar-refractivity contribution in [1.82, 2.24) is 20.3 Å². The van der Waals surface area contributed by atoms with Gasteiger partial charge in [-0.15, -0.1) is 0 Å². The molecule has 0 radical (unpaired) electrons. The molecule has 1 amide bonds. The average Bonchev–Trinajstić information content (AvgIpc) is 3.38. The number of pyridine rings is 1. The molecule has 4 N–H and O–H groups in total. The summed E-state index contributed by atoms with van der Waals surface area (Å²) in [5, 5.41) is 6.33.